The van der Waals surface area contributed by atoms with Crippen molar-refractivity contribution < 1.29 is 14.3 Å². The molecule has 0 aromatic heterocycles. The van der Waals surface area contributed by atoms with Gasteiger partial charge < -0.3 is 10.1 Å². The molecule has 4 nitrogen and oxygen atoms in total. The Labute approximate surface area is 132 Å². The highest BCUT2D eigenvalue weighted by Gasteiger charge is 2.56. The molecule has 1 amide bonds. The molecule has 4 unspecified atom stereocenters. The molecule has 0 heterocycles. The van der Waals surface area contributed by atoms with Crippen LogP contribution in [-0.4, -0.2) is 30.4 Å². The molecule has 0 bridgehead atoms. The number of benzene rings is 1. The highest BCUT2D eigenvalue weighted by Crippen LogP contribution is 2.59. The van der Waals surface area contributed by atoms with E-state index in [1.165, 1.54) is 18.2 Å². The van der Waals surface area contributed by atoms with E-state index in [2.05, 4.69) is 44.2 Å². The third-order valence-corrected chi connectivity index (χ3v) is 5.24. The van der Waals surface area contributed by atoms with Crippen LogP contribution >= 0.6 is 15.9 Å². The van der Waals surface area contributed by atoms with Crippen LogP contribution in [0.2, 0.25) is 0 Å². The smallest absolute Gasteiger partial charge is 0.321 e. The molecule has 4 atom stereocenters. The van der Waals surface area contributed by atoms with Gasteiger partial charge in [-0.2, -0.15) is 0 Å². The first-order chi connectivity index (χ1) is 10.1. The van der Waals surface area contributed by atoms with Crippen molar-refractivity contribution in [1.29, 1.82) is 0 Å². The minimum Gasteiger partial charge on any atom is -0.468 e. The van der Waals surface area contributed by atoms with Crippen molar-refractivity contribution in [2.24, 2.45) is 11.8 Å². The molecule has 5 heteroatoms. The SMILES string of the molecule is COC(=O)C(Br)CNC(=O)C1C2CCc3ccccc3C21. The first kappa shape index (κ1) is 14.6. The van der Waals surface area contributed by atoms with Gasteiger partial charge >= 0.3 is 5.97 Å². The van der Waals surface area contributed by atoms with Gasteiger partial charge in [0.15, 0.2) is 0 Å². The number of esters is 1. The average Bonchev–Trinajstić information content (AvgIpc) is 3.26. The first-order valence-corrected chi connectivity index (χ1v) is 8.12. The van der Waals surface area contributed by atoms with Crippen molar-refractivity contribution in [3.63, 3.8) is 0 Å². The third kappa shape index (κ3) is 2.71. The summed E-state index contributed by atoms with van der Waals surface area (Å²) in [6.45, 7) is 0.267. The van der Waals surface area contributed by atoms with Gasteiger partial charge in [-0.05, 0) is 35.8 Å². The summed E-state index contributed by atoms with van der Waals surface area (Å²) in [7, 11) is 1.34. The molecule has 1 N–H and O–H groups in total. The summed E-state index contributed by atoms with van der Waals surface area (Å²) in [4.78, 5) is 23.1. The number of fused-ring (bicyclic) bond motifs is 3. The van der Waals surface area contributed by atoms with Gasteiger partial charge in [-0.1, -0.05) is 40.2 Å². The predicted octanol–water partition coefficient (Wildman–Crippen LogP) is 2.02. The highest BCUT2D eigenvalue weighted by atomic mass is 79.9. The van der Waals surface area contributed by atoms with Crippen LogP contribution in [0.25, 0.3) is 0 Å². The highest BCUT2D eigenvalue weighted by molar-refractivity contribution is 9.10. The number of halogens is 1. The lowest BCUT2D eigenvalue weighted by atomic mass is 9.92. The Hall–Kier alpha value is -1.36. The summed E-state index contributed by atoms with van der Waals surface area (Å²) in [5, 5.41) is 2.86. The van der Waals surface area contributed by atoms with Gasteiger partial charge in [0.1, 0.15) is 4.83 Å². The Balaban J connectivity index is 1.60. The van der Waals surface area contributed by atoms with Crippen LogP contribution in [0, 0.1) is 11.8 Å². The molecular weight excluding hydrogens is 334 g/mol. The van der Waals surface area contributed by atoms with Crippen LogP contribution < -0.4 is 5.32 Å². The fourth-order valence-electron chi connectivity index (χ4n) is 3.44. The maximum absolute atomic E-state index is 12.3. The minimum atomic E-state index is -0.487. The average molecular weight is 352 g/mol. The molecule has 1 aromatic rings. The van der Waals surface area contributed by atoms with Crippen LogP contribution in [0.5, 0.6) is 0 Å². The number of aryl methyl sites for hydroxylation is 1. The van der Waals surface area contributed by atoms with E-state index in [1.54, 1.807) is 0 Å². The van der Waals surface area contributed by atoms with Crippen molar-refractivity contribution in [1.82, 2.24) is 5.32 Å². The number of hydrogen-bond donors (Lipinski definition) is 1. The third-order valence-electron chi connectivity index (χ3n) is 4.54. The van der Waals surface area contributed by atoms with Crippen molar-refractivity contribution in [2.45, 2.75) is 23.6 Å². The summed E-state index contributed by atoms with van der Waals surface area (Å²) in [5.74, 6) is 0.573. The van der Waals surface area contributed by atoms with Crippen molar-refractivity contribution in [3.8, 4) is 0 Å². The van der Waals surface area contributed by atoms with Crippen LogP contribution in [0.3, 0.4) is 0 Å². The molecule has 112 valence electrons. The predicted molar refractivity (Wildman–Crippen MR) is 82.2 cm³/mol. The van der Waals surface area contributed by atoms with Gasteiger partial charge in [-0.15, -0.1) is 0 Å². The summed E-state index contributed by atoms with van der Waals surface area (Å²) < 4.78 is 4.62. The number of ether oxygens (including phenoxy) is 1. The van der Waals surface area contributed by atoms with E-state index in [0.717, 1.165) is 12.8 Å². The molecule has 2 aliphatic rings. The number of hydrogen-bond acceptors (Lipinski definition) is 3. The Morgan fingerprint density at radius 2 is 2.19 bits per heavy atom. The van der Waals surface area contributed by atoms with Crippen LogP contribution in [0.4, 0.5) is 0 Å². The molecule has 2 aliphatic carbocycles. The van der Waals surface area contributed by atoms with Crippen molar-refractivity contribution in [2.75, 3.05) is 13.7 Å². The Kier molecular flexibility index (Phi) is 4.02. The van der Waals surface area contributed by atoms with Crippen LogP contribution in [-0.2, 0) is 20.7 Å². The van der Waals surface area contributed by atoms with E-state index >= 15 is 0 Å². The fourth-order valence-corrected chi connectivity index (χ4v) is 3.79. The molecule has 3 rings (SSSR count). The monoisotopic (exact) mass is 351 g/mol. The first-order valence-electron chi connectivity index (χ1n) is 7.21. The fraction of sp³-hybridized carbons (Fsp3) is 0.500. The van der Waals surface area contributed by atoms with E-state index in [0.29, 0.717) is 11.8 Å². The molecule has 0 aliphatic heterocycles. The molecule has 21 heavy (non-hydrogen) atoms. The molecular formula is C16H18BrNO3. The molecule has 0 saturated heterocycles. The van der Waals surface area contributed by atoms with Crippen LogP contribution in [0.1, 0.15) is 23.5 Å². The van der Waals surface area contributed by atoms with Gasteiger partial charge in [0.05, 0.1) is 7.11 Å². The van der Waals surface area contributed by atoms with E-state index in [9.17, 15) is 9.59 Å². The number of amides is 1. The Morgan fingerprint density at radius 1 is 1.43 bits per heavy atom. The minimum absolute atomic E-state index is 0.0510. The van der Waals surface area contributed by atoms with E-state index in [1.807, 2.05) is 6.07 Å². The number of carbonyl (C=O) groups is 2. The zero-order valence-electron chi connectivity index (χ0n) is 11.8. The number of rotatable bonds is 4. The zero-order valence-corrected chi connectivity index (χ0v) is 13.4. The summed E-state index contributed by atoms with van der Waals surface area (Å²) >= 11 is 3.21. The Bertz CT molecular complexity index is 574. The molecule has 1 fully saturated rings. The largest absolute Gasteiger partial charge is 0.468 e. The molecule has 0 radical (unpaired) electrons. The maximum Gasteiger partial charge on any atom is 0.321 e. The van der Waals surface area contributed by atoms with E-state index < -0.39 is 4.83 Å². The molecule has 1 aromatic carbocycles. The number of nitrogens with one attached hydrogen (secondary N) is 1. The van der Waals surface area contributed by atoms with Gasteiger partial charge in [-0.25, -0.2) is 0 Å². The quantitative estimate of drug-likeness (QED) is 0.666. The van der Waals surface area contributed by atoms with Gasteiger partial charge in [0, 0.05) is 12.5 Å². The topological polar surface area (TPSA) is 55.4 Å². The molecule has 1 saturated carbocycles. The number of alkyl halides is 1. The summed E-state index contributed by atoms with van der Waals surface area (Å²) in [6, 6.07) is 8.40. The van der Waals surface area contributed by atoms with Gasteiger partial charge in [0.2, 0.25) is 5.91 Å². The van der Waals surface area contributed by atoms with E-state index in [-0.39, 0.29) is 24.3 Å². The summed E-state index contributed by atoms with van der Waals surface area (Å²) in [6.07, 6.45) is 2.14. The second-order valence-corrected chi connectivity index (χ2v) is 6.79. The van der Waals surface area contributed by atoms with Gasteiger partial charge in [-0.3, -0.25) is 9.59 Å². The number of carbonyl (C=O) groups excluding carboxylic acids is 2. The Morgan fingerprint density at radius 3 is 2.95 bits per heavy atom. The zero-order chi connectivity index (χ0) is 15.0. The summed E-state index contributed by atoms with van der Waals surface area (Å²) in [5.41, 5.74) is 2.71. The second kappa shape index (κ2) is 5.79. The lowest BCUT2D eigenvalue weighted by Gasteiger charge is -2.13. The lowest BCUT2D eigenvalue weighted by Crippen LogP contribution is -2.35. The van der Waals surface area contributed by atoms with Crippen molar-refractivity contribution >= 4 is 27.8 Å². The van der Waals surface area contributed by atoms with Crippen molar-refractivity contribution in [3.05, 3.63) is 35.4 Å². The van der Waals surface area contributed by atoms with Gasteiger partial charge in [0.25, 0.3) is 0 Å². The second-order valence-electron chi connectivity index (χ2n) is 5.69. The number of methoxy groups -OCH3 is 1. The standard InChI is InChI=1S/C16H18BrNO3/c1-21-16(20)12(17)8-18-15(19)14-11-7-6-9-4-2-3-5-10(9)13(11)14/h2-5,11-14H,6-8H2,1H3,(H,18,19). The van der Waals surface area contributed by atoms with Crippen LogP contribution in [0.15, 0.2) is 24.3 Å². The normalized spacial score (nSPS) is 27.0. The lowest BCUT2D eigenvalue weighted by molar-refractivity contribution is -0.139. The van der Waals surface area contributed by atoms with E-state index in [4.69, 9.17) is 0 Å². The maximum atomic E-state index is 12.3. The molecule has 0 spiro atoms.